The maximum absolute atomic E-state index is 12.3. The summed E-state index contributed by atoms with van der Waals surface area (Å²) in [5.74, 6) is 0.0854. The second-order valence-corrected chi connectivity index (χ2v) is 7.00. The number of hydrogen-bond donors (Lipinski definition) is 1. The molecule has 3 rings (SSSR count). The van der Waals surface area contributed by atoms with E-state index in [2.05, 4.69) is 11.4 Å². The van der Waals surface area contributed by atoms with Gasteiger partial charge < -0.3 is 15.0 Å². The summed E-state index contributed by atoms with van der Waals surface area (Å²) < 4.78 is 6.74. The average Bonchev–Trinajstić information content (AvgIpc) is 2.85. The zero-order valence-electron chi connectivity index (χ0n) is 12.5. The number of carbonyl (C=O) groups excluding carboxylic acids is 1. The number of morpholine rings is 1. The number of halogens is 1. The quantitative estimate of drug-likeness (QED) is 0.932. The van der Waals surface area contributed by atoms with Gasteiger partial charge in [0.15, 0.2) is 0 Å². The van der Waals surface area contributed by atoms with Gasteiger partial charge in [-0.25, -0.2) is 0 Å². The van der Waals surface area contributed by atoms with Crippen LogP contribution in [0, 0.1) is 0 Å². The maximum Gasteiger partial charge on any atom is 0.225 e. The van der Waals surface area contributed by atoms with Crippen LogP contribution in [0.1, 0.15) is 11.3 Å². The fourth-order valence-electron chi connectivity index (χ4n) is 2.57. The molecule has 0 aliphatic carbocycles. The van der Waals surface area contributed by atoms with E-state index in [0.717, 1.165) is 33.1 Å². The van der Waals surface area contributed by atoms with Crippen LogP contribution in [0.15, 0.2) is 24.3 Å². The van der Waals surface area contributed by atoms with Crippen molar-refractivity contribution < 1.29 is 9.53 Å². The van der Waals surface area contributed by atoms with Gasteiger partial charge in [0.25, 0.3) is 0 Å². The molecule has 22 heavy (non-hydrogen) atoms. The lowest BCUT2D eigenvalue weighted by atomic mass is 10.2. The molecule has 1 aliphatic rings. The van der Waals surface area contributed by atoms with Crippen LogP contribution in [0.2, 0.25) is 5.02 Å². The zero-order valence-corrected chi connectivity index (χ0v) is 14.0. The first-order valence-electron chi connectivity index (χ1n) is 7.37. The molecule has 1 amide bonds. The van der Waals surface area contributed by atoms with Gasteiger partial charge in [-0.05, 0) is 6.07 Å². The monoisotopic (exact) mass is 338 g/mol. The summed E-state index contributed by atoms with van der Waals surface area (Å²) in [6, 6.07) is 8.05. The molecule has 1 fully saturated rings. The van der Waals surface area contributed by atoms with Crippen molar-refractivity contribution in [1.29, 1.82) is 0 Å². The predicted octanol–water partition coefficient (Wildman–Crippen LogP) is 2.89. The third kappa shape index (κ3) is 3.43. The van der Waals surface area contributed by atoms with Crippen LogP contribution in [-0.2, 0) is 16.1 Å². The molecule has 118 valence electrons. The Morgan fingerprint density at radius 1 is 1.50 bits per heavy atom. The van der Waals surface area contributed by atoms with Crippen molar-refractivity contribution in [2.45, 2.75) is 19.1 Å². The Hall–Kier alpha value is -1.14. The second kappa shape index (κ2) is 6.96. The maximum atomic E-state index is 12.3. The fourth-order valence-corrected chi connectivity index (χ4v) is 4.12. The van der Waals surface area contributed by atoms with E-state index in [9.17, 15) is 4.79 Å². The van der Waals surface area contributed by atoms with Crippen molar-refractivity contribution in [3.63, 3.8) is 0 Å². The third-order valence-corrected chi connectivity index (χ3v) is 5.51. The summed E-state index contributed by atoms with van der Waals surface area (Å²) in [5.41, 5.74) is 0. The summed E-state index contributed by atoms with van der Waals surface area (Å²) in [6.07, 6.45) is 0.382. The minimum atomic E-state index is -0.0263. The van der Waals surface area contributed by atoms with Crippen molar-refractivity contribution in [3.05, 3.63) is 34.2 Å². The Morgan fingerprint density at radius 2 is 2.32 bits per heavy atom. The highest BCUT2D eigenvalue weighted by molar-refractivity contribution is 7.19. The molecule has 1 saturated heterocycles. The van der Waals surface area contributed by atoms with Gasteiger partial charge >= 0.3 is 0 Å². The van der Waals surface area contributed by atoms with Crippen molar-refractivity contribution in [1.82, 2.24) is 10.2 Å². The Balaban J connectivity index is 1.65. The van der Waals surface area contributed by atoms with Crippen molar-refractivity contribution >= 4 is 38.9 Å². The van der Waals surface area contributed by atoms with Crippen LogP contribution in [-0.4, -0.2) is 43.7 Å². The minimum absolute atomic E-state index is 0.0263. The third-order valence-electron chi connectivity index (χ3n) is 3.81. The molecular weight excluding hydrogens is 320 g/mol. The van der Waals surface area contributed by atoms with Gasteiger partial charge in [-0.1, -0.05) is 29.8 Å². The molecule has 4 nitrogen and oxygen atoms in total. The van der Waals surface area contributed by atoms with Crippen LogP contribution in [0.25, 0.3) is 10.1 Å². The van der Waals surface area contributed by atoms with E-state index in [1.807, 2.05) is 25.2 Å². The highest BCUT2D eigenvalue weighted by atomic mass is 35.5. The second-order valence-electron chi connectivity index (χ2n) is 5.49. The summed E-state index contributed by atoms with van der Waals surface area (Å²) in [6.45, 7) is 2.81. The standard InChI is InChI=1S/C16H19ClN2O2S/c1-19(15(20)8-11-9-18-6-7-21-11)10-14-16(17)12-4-2-3-5-13(12)22-14/h2-5,11,18H,6-10H2,1H3. The Kier molecular flexibility index (Phi) is 4.98. The predicted molar refractivity (Wildman–Crippen MR) is 90.5 cm³/mol. The number of nitrogens with zero attached hydrogens (tertiary/aromatic N) is 1. The molecule has 1 unspecified atom stereocenters. The van der Waals surface area contributed by atoms with Gasteiger partial charge in [-0.3, -0.25) is 4.79 Å². The largest absolute Gasteiger partial charge is 0.375 e. The van der Waals surface area contributed by atoms with Gasteiger partial charge in [0.05, 0.1) is 30.7 Å². The topological polar surface area (TPSA) is 41.6 Å². The number of ether oxygens (including phenoxy) is 1. The fraction of sp³-hybridized carbons (Fsp3) is 0.438. The Labute approximate surface area is 139 Å². The van der Waals surface area contributed by atoms with Gasteiger partial charge in [0.2, 0.25) is 5.91 Å². The molecule has 1 atom stereocenters. The number of hydrogen-bond acceptors (Lipinski definition) is 4. The van der Waals surface area contributed by atoms with E-state index >= 15 is 0 Å². The molecule has 1 aromatic heterocycles. The van der Waals surface area contributed by atoms with E-state index in [0.29, 0.717) is 19.6 Å². The van der Waals surface area contributed by atoms with E-state index < -0.39 is 0 Å². The van der Waals surface area contributed by atoms with Crippen LogP contribution >= 0.6 is 22.9 Å². The highest BCUT2D eigenvalue weighted by Gasteiger charge is 2.21. The summed E-state index contributed by atoms with van der Waals surface area (Å²) in [7, 11) is 1.82. The first-order valence-corrected chi connectivity index (χ1v) is 8.57. The van der Waals surface area contributed by atoms with Crippen LogP contribution < -0.4 is 5.32 Å². The van der Waals surface area contributed by atoms with E-state index in [1.54, 1.807) is 16.2 Å². The van der Waals surface area contributed by atoms with Gasteiger partial charge in [0.1, 0.15) is 0 Å². The number of rotatable bonds is 4. The number of benzene rings is 1. The molecule has 1 aromatic carbocycles. The van der Waals surface area contributed by atoms with E-state index in [4.69, 9.17) is 16.3 Å². The van der Waals surface area contributed by atoms with Crippen LogP contribution in [0.5, 0.6) is 0 Å². The summed E-state index contributed by atoms with van der Waals surface area (Å²) in [4.78, 5) is 15.1. The first kappa shape index (κ1) is 15.7. The molecule has 2 aromatic rings. The van der Waals surface area contributed by atoms with Crippen LogP contribution in [0.4, 0.5) is 0 Å². The van der Waals surface area contributed by atoms with Gasteiger partial charge in [0, 0.05) is 35.1 Å². The zero-order chi connectivity index (χ0) is 15.5. The molecular formula is C16H19ClN2O2S. The first-order chi connectivity index (χ1) is 10.6. The molecule has 0 saturated carbocycles. The normalized spacial score (nSPS) is 18.5. The number of amides is 1. The molecule has 0 spiro atoms. The lowest BCUT2D eigenvalue weighted by Crippen LogP contribution is -2.41. The molecule has 1 N–H and O–H groups in total. The van der Waals surface area contributed by atoms with Gasteiger partial charge in [-0.2, -0.15) is 0 Å². The van der Waals surface area contributed by atoms with E-state index in [-0.39, 0.29) is 12.0 Å². The van der Waals surface area contributed by atoms with Crippen molar-refractivity contribution in [3.8, 4) is 0 Å². The number of nitrogens with one attached hydrogen (secondary N) is 1. The number of fused-ring (bicyclic) bond motifs is 1. The molecule has 0 bridgehead atoms. The molecule has 0 radical (unpaired) electrons. The Morgan fingerprint density at radius 3 is 3.05 bits per heavy atom. The smallest absolute Gasteiger partial charge is 0.225 e. The van der Waals surface area contributed by atoms with Crippen LogP contribution in [0.3, 0.4) is 0 Å². The average molecular weight is 339 g/mol. The molecule has 6 heteroatoms. The lowest BCUT2D eigenvalue weighted by molar-refractivity contribution is -0.133. The SMILES string of the molecule is CN(Cc1sc2ccccc2c1Cl)C(=O)CC1CNCCO1. The molecule has 2 heterocycles. The van der Waals surface area contributed by atoms with Gasteiger partial charge in [-0.15, -0.1) is 11.3 Å². The number of thiophene rings is 1. The number of carbonyl (C=O) groups is 1. The van der Waals surface area contributed by atoms with Crippen molar-refractivity contribution in [2.24, 2.45) is 0 Å². The summed E-state index contributed by atoms with van der Waals surface area (Å²) in [5, 5.41) is 5.06. The van der Waals surface area contributed by atoms with Crippen molar-refractivity contribution in [2.75, 3.05) is 26.7 Å². The molecule has 1 aliphatic heterocycles. The lowest BCUT2D eigenvalue weighted by Gasteiger charge is -2.25. The highest BCUT2D eigenvalue weighted by Crippen LogP contribution is 2.35. The van der Waals surface area contributed by atoms with E-state index in [1.165, 1.54) is 0 Å². The minimum Gasteiger partial charge on any atom is -0.375 e. The Bertz CT molecular complexity index is 667. The summed E-state index contributed by atoms with van der Waals surface area (Å²) >= 11 is 8.08.